The second-order valence-electron chi connectivity index (χ2n) is 3.99. The summed E-state index contributed by atoms with van der Waals surface area (Å²) in [5.74, 6) is 0.0962. The first-order valence-corrected chi connectivity index (χ1v) is 5.89. The van der Waals surface area contributed by atoms with Gasteiger partial charge in [0.05, 0.1) is 12.6 Å². The normalized spacial score (nSPS) is 16.7. The molecule has 1 fully saturated rings. The first-order chi connectivity index (χ1) is 7.83. The molecule has 0 unspecified atom stereocenters. The zero-order valence-electron chi connectivity index (χ0n) is 9.67. The molecule has 16 heavy (non-hydrogen) atoms. The SMILES string of the molecule is N#CCCCCNC(=O)CN1CCNCC1. The number of hydrogen-bond donors (Lipinski definition) is 2. The van der Waals surface area contributed by atoms with Crippen LogP contribution in [0.1, 0.15) is 19.3 Å². The average Bonchev–Trinajstić information content (AvgIpc) is 2.30. The first kappa shape index (κ1) is 12.9. The molecular weight excluding hydrogens is 204 g/mol. The van der Waals surface area contributed by atoms with Gasteiger partial charge in [-0.25, -0.2) is 0 Å². The van der Waals surface area contributed by atoms with Crippen LogP contribution in [0.2, 0.25) is 0 Å². The van der Waals surface area contributed by atoms with Crippen molar-refractivity contribution in [1.82, 2.24) is 15.5 Å². The maximum Gasteiger partial charge on any atom is 0.234 e. The van der Waals surface area contributed by atoms with E-state index in [1.807, 2.05) is 0 Å². The lowest BCUT2D eigenvalue weighted by atomic mass is 10.2. The Morgan fingerprint density at radius 1 is 1.38 bits per heavy atom. The Balaban J connectivity index is 1.99. The second kappa shape index (κ2) is 8.08. The van der Waals surface area contributed by atoms with Gasteiger partial charge in [0.2, 0.25) is 5.91 Å². The summed E-state index contributed by atoms with van der Waals surface area (Å²) in [5, 5.41) is 14.5. The molecule has 1 aliphatic rings. The van der Waals surface area contributed by atoms with Crippen LogP contribution >= 0.6 is 0 Å². The summed E-state index contributed by atoms with van der Waals surface area (Å²) < 4.78 is 0. The predicted molar refractivity (Wildman–Crippen MR) is 61.8 cm³/mol. The number of carbonyl (C=O) groups is 1. The van der Waals surface area contributed by atoms with E-state index in [2.05, 4.69) is 21.6 Å². The molecule has 5 nitrogen and oxygen atoms in total. The zero-order chi connectivity index (χ0) is 11.6. The Bertz CT molecular complexity index is 243. The van der Waals surface area contributed by atoms with E-state index in [1.165, 1.54) is 0 Å². The summed E-state index contributed by atoms with van der Waals surface area (Å²) in [6.45, 7) is 5.02. The summed E-state index contributed by atoms with van der Waals surface area (Å²) in [6, 6.07) is 2.09. The van der Waals surface area contributed by atoms with E-state index >= 15 is 0 Å². The van der Waals surface area contributed by atoms with Crippen LogP contribution < -0.4 is 10.6 Å². The van der Waals surface area contributed by atoms with Gasteiger partial charge in [0.25, 0.3) is 0 Å². The van der Waals surface area contributed by atoms with Crippen LogP contribution in [-0.2, 0) is 4.79 Å². The number of piperazine rings is 1. The second-order valence-corrected chi connectivity index (χ2v) is 3.99. The molecule has 1 aliphatic heterocycles. The van der Waals surface area contributed by atoms with Gasteiger partial charge >= 0.3 is 0 Å². The van der Waals surface area contributed by atoms with Gasteiger partial charge < -0.3 is 10.6 Å². The predicted octanol–water partition coefficient (Wildman–Crippen LogP) is -0.298. The molecule has 0 aromatic carbocycles. The Kier molecular flexibility index (Phi) is 6.54. The minimum atomic E-state index is 0.0962. The Morgan fingerprint density at radius 2 is 2.12 bits per heavy atom. The van der Waals surface area contributed by atoms with Crippen LogP contribution in [0, 0.1) is 11.3 Å². The fourth-order valence-electron chi connectivity index (χ4n) is 1.69. The van der Waals surface area contributed by atoms with Crippen molar-refractivity contribution >= 4 is 5.91 Å². The summed E-state index contributed by atoms with van der Waals surface area (Å²) in [5.41, 5.74) is 0. The van der Waals surface area contributed by atoms with Gasteiger partial charge in [0.1, 0.15) is 0 Å². The van der Waals surface area contributed by atoms with Crippen molar-refractivity contribution in [3.8, 4) is 6.07 Å². The van der Waals surface area contributed by atoms with Gasteiger partial charge in [0.15, 0.2) is 0 Å². The van der Waals surface area contributed by atoms with Gasteiger partial charge in [0, 0.05) is 39.1 Å². The van der Waals surface area contributed by atoms with E-state index in [0.29, 0.717) is 19.5 Å². The van der Waals surface area contributed by atoms with E-state index in [0.717, 1.165) is 39.0 Å². The van der Waals surface area contributed by atoms with E-state index < -0.39 is 0 Å². The van der Waals surface area contributed by atoms with E-state index in [4.69, 9.17) is 5.26 Å². The third-order valence-corrected chi connectivity index (χ3v) is 2.61. The summed E-state index contributed by atoms with van der Waals surface area (Å²) >= 11 is 0. The number of amides is 1. The van der Waals surface area contributed by atoms with Gasteiger partial charge in [-0.2, -0.15) is 5.26 Å². The number of rotatable bonds is 6. The van der Waals surface area contributed by atoms with Crippen LogP contribution in [0.4, 0.5) is 0 Å². The standard InChI is InChI=1S/C11H20N4O/c12-4-2-1-3-5-14-11(16)10-15-8-6-13-7-9-15/h13H,1-3,5-10H2,(H,14,16). The number of hydrogen-bond acceptors (Lipinski definition) is 4. The van der Waals surface area contributed by atoms with Crippen molar-refractivity contribution in [2.45, 2.75) is 19.3 Å². The molecule has 0 aromatic heterocycles. The van der Waals surface area contributed by atoms with Crippen LogP contribution in [0.3, 0.4) is 0 Å². The molecule has 0 saturated carbocycles. The molecule has 0 atom stereocenters. The van der Waals surface area contributed by atoms with Crippen molar-refractivity contribution in [2.24, 2.45) is 0 Å². The minimum Gasteiger partial charge on any atom is -0.355 e. The molecule has 1 amide bonds. The Labute approximate surface area is 96.8 Å². The van der Waals surface area contributed by atoms with Gasteiger partial charge in [-0.15, -0.1) is 0 Å². The Hall–Kier alpha value is -1.12. The number of carbonyl (C=O) groups excluding carboxylic acids is 1. The van der Waals surface area contributed by atoms with Gasteiger partial charge in [-0.3, -0.25) is 9.69 Å². The van der Waals surface area contributed by atoms with Crippen LogP contribution in [-0.4, -0.2) is 50.1 Å². The Morgan fingerprint density at radius 3 is 2.81 bits per heavy atom. The zero-order valence-corrected chi connectivity index (χ0v) is 9.67. The summed E-state index contributed by atoms with van der Waals surface area (Å²) in [4.78, 5) is 13.7. The molecule has 90 valence electrons. The lowest BCUT2D eigenvalue weighted by Gasteiger charge is -2.26. The topological polar surface area (TPSA) is 68.2 Å². The molecular formula is C11H20N4O. The van der Waals surface area contributed by atoms with Crippen molar-refractivity contribution in [2.75, 3.05) is 39.3 Å². The lowest BCUT2D eigenvalue weighted by Crippen LogP contribution is -2.47. The molecule has 2 N–H and O–H groups in total. The highest BCUT2D eigenvalue weighted by Gasteiger charge is 2.12. The number of unbranched alkanes of at least 4 members (excludes halogenated alkanes) is 2. The van der Waals surface area contributed by atoms with Crippen LogP contribution in [0.5, 0.6) is 0 Å². The van der Waals surface area contributed by atoms with Crippen molar-refractivity contribution in [3.63, 3.8) is 0 Å². The highest BCUT2D eigenvalue weighted by Crippen LogP contribution is 1.93. The van der Waals surface area contributed by atoms with Crippen molar-refractivity contribution < 1.29 is 4.79 Å². The largest absolute Gasteiger partial charge is 0.355 e. The third-order valence-electron chi connectivity index (χ3n) is 2.61. The highest BCUT2D eigenvalue weighted by atomic mass is 16.2. The minimum absolute atomic E-state index is 0.0962. The number of nitriles is 1. The van der Waals surface area contributed by atoms with E-state index in [1.54, 1.807) is 0 Å². The molecule has 1 rings (SSSR count). The maximum atomic E-state index is 11.5. The molecule has 0 bridgehead atoms. The average molecular weight is 224 g/mol. The molecule has 0 aromatic rings. The number of nitrogens with one attached hydrogen (secondary N) is 2. The van der Waals surface area contributed by atoms with Gasteiger partial charge in [-0.05, 0) is 12.8 Å². The quantitative estimate of drug-likeness (QED) is 0.608. The smallest absolute Gasteiger partial charge is 0.234 e. The van der Waals surface area contributed by atoms with Crippen molar-refractivity contribution in [1.29, 1.82) is 5.26 Å². The lowest BCUT2D eigenvalue weighted by molar-refractivity contribution is -0.122. The molecule has 0 radical (unpaired) electrons. The van der Waals surface area contributed by atoms with Gasteiger partial charge in [-0.1, -0.05) is 0 Å². The third kappa shape index (κ3) is 5.69. The molecule has 5 heteroatoms. The highest BCUT2D eigenvalue weighted by molar-refractivity contribution is 5.77. The van der Waals surface area contributed by atoms with E-state index in [-0.39, 0.29) is 5.91 Å². The summed E-state index contributed by atoms with van der Waals surface area (Å²) in [6.07, 6.45) is 2.33. The first-order valence-electron chi connectivity index (χ1n) is 5.89. The van der Waals surface area contributed by atoms with Crippen molar-refractivity contribution in [3.05, 3.63) is 0 Å². The number of nitrogens with zero attached hydrogens (tertiary/aromatic N) is 2. The fourth-order valence-corrected chi connectivity index (χ4v) is 1.69. The monoisotopic (exact) mass is 224 g/mol. The molecule has 1 saturated heterocycles. The molecule has 0 spiro atoms. The molecule has 1 heterocycles. The van der Waals surface area contributed by atoms with Crippen LogP contribution in [0.15, 0.2) is 0 Å². The maximum absolute atomic E-state index is 11.5. The molecule has 0 aliphatic carbocycles. The van der Waals surface area contributed by atoms with Crippen LogP contribution in [0.25, 0.3) is 0 Å². The van der Waals surface area contributed by atoms with E-state index in [9.17, 15) is 4.79 Å². The fraction of sp³-hybridized carbons (Fsp3) is 0.818. The summed E-state index contributed by atoms with van der Waals surface area (Å²) in [7, 11) is 0.